The second-order valence-corrected chi connectivity index (χ2v) is 12.3. The van der Waals surface area contributed by atoms with Gasteiger partial charge in [-0.3, -0.25) is 4.79 Å². The molecule has 1 amide bonds. The van der Waals surface area contributed by atoms with Gasteiger partial charge in [0.1, 0.15) is 5.83 Å². The highest BCUT2D eigenvalue weighted by molar-refractivity contribution is 5.87. The van der Waals surface area contributed by atoms with E-state index in [9.17, 15) is 14.7 Å². The van der Waals surface area contributed by atoms with E-state index in [2.05, 4.69) is 46.4 Å². The number of rotatable bonds is 4. The zero-order valence-electron chi connectivity index (χ0n) is 20.8. The fourth-order valence-corrected chi connectivity index (χ4v) is 8.86. The first-order valence-electron chi connectivity index (χ1n) is 12.9. The number of carbonyl (C=O) groups excluding carboxylic acids is 1. The molecule has 0 aliphatic heterocycles. The van der Waals surface area contributed by atoms with Crippen molar-refractivity contribution in [1.29, 1.82) is 0 Å². The lowest BCUT2D eigenvalue weighted by Crippen LogP contribution is -2.55. The largest absolute Gasteiger partial charge is 0.478 e. The topological polar surface area (TPSA) is 57.6 Å². The van der Waals surface area contributed by atoms with Gasteiger partial charge in [-0.1, -0.05) is 13.8 Å². The van der Waals surface area contributed by atoms with E-state index in [4.69, 9.17) is 0 Å². The predicted octanol–water partition coefficient (Wildman–Crippen LogP) is 6.21. The molecule has 4 aliphatic rings. The van der Waals surface area contributed by atoms with Crippen LogP contribution in [0.25, 0.3) is 0 Å². The molecule has 0 aromatic heterocycles. The zero-order chi connectivity index (χ0) is 23.6. The average Bonchev–Trinajstić information content (AvgIpc) is 3.04. The number of allylic oxidation sites excluding steroid dienone is 1. The van der Waals surface area contributed by atoms with E-state index >= 15 is 4.39 Å². The van der Waals surface area contributed by atoms with Gasteiger partial charge < -0.3 is 10.0 Å². The molecule has 1 N–H and O–H groups in total. The Bertz CT molecular complexity index is 812. The van der Waals surface area contributed by atoms with E-state index in [1.165, 1.54) is 0 Å². The molecule has 0 aromatic carbocycles. The number of hydrogen-bond donors (Lipinski definition) is 1. The van der Waals surface area contributed by atoms with Crippen LogP contribution < -0.4 is 0 Å². The Kier molecular flexibility index (Phi) is 6.03. The molecule has 0 spiro atoms. The predicted molar refractivity (Wildman–Crippen MR) is 123 cm³/mol. The van der Waals surface area contributed by atoms with Gasteiger partial charge in [0.25, 0.3) is 0 Å². The Morgan fingerprint density at radius 1 is 0.938 bits per heavy atom. The van der Waals surface area contributed by atoms with Gasteiger partial charge in [-0.25, -0.2) is 9.18 Å². The molecular weight excluding hydrogens is 405 g/mol. The van der Waals surface area contributed by atoms with Crippen LogP contribution in [0, 0.1) is 40.4 Å². The van der Waals surface area contributed by atoms with Crippen LogP contribution >= 0.6 is 0 Å². The minimum atomic E-state index is -1.08. The number of fused-ring (bicyclic) bond motifs is 5. The Morgan fingerprint density at radius 3 is 2.16 bits per heavy atom. The summed E-state index contributed by atoms with van der Waals surface area (Å²) in [6.45, 7) is 13.0. The molecule has 0 saturated heterocycles. The summed E-state index contributed by atoms with van der Waals surface area (Å²) in [4.78, 5) is 27.3. The van der Waals surface area contributed by atoms with Crippen molar-refractivity contribution in [1.82, 2.24) is 4.90 Å². The molecule has 0 heterocycles. The number of hydrogen-bond acceptors (Lipinski definition) is 2. The van der Waals surface area contributed by atoms with Crippen LogP contribution in [0.3, 0.4) is 0 Å². The van der Waals surface area contributed by atoms with Gasteiger partial charge >= 0.3 is 5.97 Å². The Labute approximate surface area is 193 Å². The van der Waals surface area contributed by atoms with E-state index in [-0.39, 0.29) is 46.1 Å². The van der Waals surface area contributed by atoms with E-state index < -0.39 is 5.97 Å². The van der Waals surface area contributed by atoms with Crippen LogP contribution in [0.4, 0.5) is 4.39 Å². The Morgan fingerprint density at radius 2 is 1.56 bits per heavy atom. The Balaban J connectivity index is 1.60. The summed E-state index contributed by atoms with van der Waals surface area (Å²) in [5.74, 6) is 0.216. The van der Waals surface area contributed by atoms with Crippen LogP contribution in [-0.2, 0) is 9.59 Å². The molecule has 4 rings (SSSR count). The molecule has 0 bridgehead atoms. The molecular formula is C27H42FNO3. The molecule has 5 heteroatoms. The van der Waals surface area contributed by atoms with Crippen LogP contribution in [0.2, 0.25) is 0 Å². The number of carboxylic acids is 1. The van der Waals surface area contributed by atoms with Crippen molar-refractivity contribution in [2.24, 2.45) is 40.4 Å². The summed E-state index contributed by atoms with van der Waals surface area (Å²) in [6, 6.07) is 0.410. The highest BCUT2D eigenvalue weighted by atomic mass is 19.1. The number of carboxylic acid groups (broad SMARTS) is 1. The monoisotopic (exact) mass is 447 g/mol. The number of halogens is 1. The Hall–Kier alpha value is -1.39. The summed E-state index contributed by atoms with van der Waals surface area (Å²) in [5.41, 5.74) is -0.115. The van der Waals surface area contributed by atoms with Crippen molar-refractivity contribution in [2.75, 3.05) is 0 Å². The lowest BCUT2D eigenvalue weighted by molar-refractivity contribution is -0.148. The minimum Gasteiger partial charge on any atom is -0.478 e. The van der Waals surface area contributed by atoms with Crippen molar-refractivity contribution in [2.45, 2.75) is 105 Å². The van der Waals surface area contributed by atoms with Crippen LogP contribution in [0.5, 0.6) is 0 Å². The van der Waals surface area contributed by atoms with Gasteiger partial charge in [0, 0.05) is 23.9 Å². The fraction of sp³-hybridized carbons (Fsp3) is 0.852. The van der Waals surface area contributed by atoms with Crippen molar-refractivity contribution >= 4 is 11.9 Å². The lowest BCUT2D eigenvalue weighted by Gasteiger charge is -2.60. The van der Waals surface area contributed by atoms with Crippen LogP contribution in [0.1, 0.15) is 92.9 Å². The second kappa shape index (κ2) is 8.13. The molecule has 180 valence electrons. The van der Waals surface area contributed by atoms with E-state index in [1.54, 1.807) is 0 Å². The third kappa shape index (κ3) is 3.36. The van der Waals surface area contributed by atoms with Crippen LogP contribution in [0.15, 0.2) is 11.4 Å². The van der Waals surface area contributed by atoms with Crippen molar-refractivity contribution in [3.05, 3.63) is 11.4 Å². The minimum absolute atomic E-state index is 0.0144. The molecule has 4 nitrogen and oxygen atoms in total. The number of aliphatic carboxylic acids is 1. The van der Waals surface area contributed by atoms with Crippen molar-refractivity contribution in [3.63, 3.8) is 0 Å². The molecule has 0 radical (unpaired) electrons. The highest BCUT2D eigenvalue weighted by Gasteiger charge is 2.62. The maximum absolute atomic E-state index is 15.2. The summed E-state index contributed by atoms with van der Waals surface area (Å²) in [6.07, 6.45) is 6.95. The fourth-order valence-electron chi connectivity index (χ4n) is 8.86. The highest BCUT2D eigenvalue weighted by Crippen LogP contribution is 2.68. The van der Waals surface area contributed by atoms with Crippen molar-refractivity contribution < 1.29 is 19.1 Å². The van der Waals surface area contributed by atoms with Gasteiger partial charge in [0.15, 0.2) is 0 Å². The van der Waals surface area contributed by atoms with E-state index in [1.807, 2.05) is 0 Å². The molecule has 4 aliphatic carbocycles. The van der Waals surface area contributed by atoms with Gasteiger partial charge in [0.2, 0.25) is 5.91 Å². The summed E-state index contributed by atoms with van der Waals surface area (Å²) >= 11 is 0. The number of amides is 1. The van der Waals surface area contributed by atoms with Crippen LogP contribution in [-0.4, -0.2) is 34.0 Å². The van der Waals surface area contributed by atoms with Gasteiger partial charge in [-0.05, 0) is 108 Å². The first-order chi connectivity index (χ1) is 14.9. The van der Waals surface area contributed by atoms with Crippen molar-refractivity contribution in [3.8, 4) is 0 Å². The smallest absolute Gasteiger partial charge is 0.334 e. The molecule has 0 aromatic rings. The van der Waals surface area contributed by atoms with E-state index in [0.717, 1.165) is 44.9 Å². The third-order valence-electron chi connectivity index (χ3n) is 10.3. The molecule has 32 heavy (non-hydrogen) atoms. The normalized spacial score (nSPS) is 41.3. The lowest BCUT2D eigenvalue weighted by atomic mass is 9.45. The van der Waals surface area contributed by atoms with Gasteiger partial charge in [0.05, 0.1) is 5.57 Å². The molecule has 7 atom stereocenters. The maximum atomic E-state index is 15.2. The second-order valence-electron chi connectivity index (χ2n) is 12.3. The number of carbonyl (C=O) groups is 2. The molecule has 3 fully saturated rings. The quantitative estimate of drug-likeness (QED) is 0.557. The maximum Gasteiger partial charge on any atom is 0.334 e. The standard InChI is InChI=1S/C27H42FNO3/c1-15(2)29(16(3)4)24(30)22-10-9-19-17-7-8-21-23(28)18(25(31)32)11-13-26(21,5)20(17)12-14-27(19,22)6/h15-17,19-22H,7-14H2,1-6H3,(H,31,32)/t17-,19-,20-,21-,22+,26+,27-/m0/s1. The SMILES string of the molecule is CC(C)N(C(=O)[C@H]1CC[C@H]2[C@@H]3CC[C@H]4C(F)=C(C(=O)O)CC[C@]4(C)[C@H]3CC[C@]12C)C(C)C. The first kappa shape index (κ1) is 23.8. The van der Waals surface area contributed by atoms with Gasteiger partial charge in [-0.2, -0.15) is 0 Å². The van der Waals surface area contributed by atoms with E-state index in [0.29, 0.717) is 30.1 Å². The third-order valence-corrected chi connectivity index (χ3v) is 10.3. The molecule has 0 unspecified atom stereocenters. The zero-order valence-corrected chi connectivity index (χ0v) is 20.8. The van der Waals surface area contributed by atoms with Gasteiger partial charge in [-0.15, -0.1) is 0 Å². The average molecular weight is 448 g/mol. The summed E-state index contributed by atoms with van der Waals surface area (Å²) < 4.78 is 15.2. The summed E-state index contributed by atoms with van der Waals surface area (Å²) in [7, 11) is 0. The number of nitrogens with zero attached hydrogens (tertiary/aromatic N) is 1. The molecule has 3 saturated carbocycles. The first-order valence-corrected chi connectivity index (χ1v) is 12.9. The summed E-state index contributed by atoms with van der Waals surface area (Å²) in [5, 5.41) is 9.44.